The van der Waals surface area contributed by atoms with E-state index in [4.69, 9.17) is 4.74 Å². The van der Waals surface area contributed by atoms with E-state index in [1.807, 2.05) is 19.1 Å². The van der Waals surface area contributed by atoms with E-state index in [-0.39, 0.29) is 35.9 Å². The Morgan fingerprint density at radius 3 is 2.53 bits per heavy atom. The van der Waals surface area contributed by atoms with Gasteiger partial charge in [-0.2, -0.15) is 5.26 Å². The van der Waals surface area contributed by atoms with Gasteiger partial charge < -0.3 is 15.2 Å². The van der Waals surface area contributed by atoms with Gasteiger partial charge in [-0.1, -0.05) is 25.4 Å². The molecule has 1 aliphatic heterocycles. The Balaban J connectivity index is 1.19. The van der Waals surface area contributed by atoms with Gasteiger partial charge in [0.1, 0.15) is 17.7 Å². The number of carbonyl (C=O) groups is 1. The molecule has 0 amide bonds. The third-order valence-electron chi connectivity index (χ3n) is 9.32. The van der Waals surface area contributed by atoms with Gasteiger partial charge in [0.2, 0.25) is 6.73 Å². The molecule has 1 N–H and O–H groups in total. The number of rotatable bonds is 10. The molecule has 45 heavy (non-hydrogen) atoms. The number of halogens is 2. The zero-order valence-corrected chi connectivity index (χ0v) is 25.8. The molecule has 0 radical (unpaired) electrons. The maximum atomic E-state index is 13.9. The van der Waals surface area contributed by atoms with Gasteiger partial charge in [0, 0.05) is 29.2 Å². The van der Waals surface area contributed by atoms with Gasteiger partial charge >= 0.3 is 5.97 Å². The monoisotopic (exact) mass is 618 g/mol. The van der Waals surface area contributed by atoms with E-state index in [0.29, 0.717) is 59.5 Å². The fourth-order valence-electron chi connectivity index (χ4n) is 6.57. The molecule has 11 heteroatoms. The Labute approximate surface area is 262 Å². The maximum Gasteiger partial charge on any atom is 0.313 e. The first-order valence-corrected chi connectivity index (χ1v) is 15.6. The summed E-state index contributed by atoms with van der Waals surface area (Å²) in [7, 11) is 0. The predicted molar refractivity (Wildman–Crippen MR) is 163 cm³/mol. The lowest BCUT2D eigenvalue weighted by Crippen LogP contribution is -2.53. The zero-order valence-electron chi connectivity index (χ0n) is 25.8. The molecule has 1 atom stereocenters. The van der Waals surface area contributed by atoms with Crippen molar-refractivity contribution in [2.75, 3.05) is 31.7 Å². The molecule has 0 unspecified atom stereocenters. The lowest BCUT2D eigenvalue weighted by atomic mass is 9.73. The number of quaternary nitrogens is 1. The number of hydrogen-bond donors (Lipinski definition) is 1. The number of ether oxygens (including phenoxy) is 1. The van der Waals surface area contributed by atoms with E-state index < -0.39 is 12.0 Å². The van der Waals surface area contributed by atoms with Crippen molar-refractivity contribution < 1.29 is 27.9 Å². The highest BCUT2D eigenvalue weighted by molar-refractivity contribution is 5.72. The minimum Gasteiger partial charge on any atom is -0.845 e. The summed E-state index contributed by atoms with van der Waals surface area (Å²) in [6.07, 6.45) is 5.99. The van der Waals surface area contributed by atoms with Gasteiger partial charge in [-0.25, -0.2) is 18.7 Å². The number of esters is 1. The third kappa shape index (κ3) is 7.81. The number of anilines is 2. The normalized spacial score (nSPS) is 21.0. The van der Waals surface area contributed by atoms with Crippen molar-refractivity contribution in [3.63, 3.8) is 0 Å². The minimum absolute atomic E-state index is 0.131. The molecule has 3 aromatic heterocycles. The van der Waals surface area contributed by atoms with Crippen molar-refractivity contribution in [2.24, 2.45) is 11.8 Å². The van der Waals surface area contributed by atoms with Crippen molar-refractivity contribution in [3.8, 4) is 17.3 Å². The quantitative estimate of drug-likeness (QED) is 0.168. The second-order valence-corrected chi connectivity index (χ2v) is 12.7. The van der Waals surface area contributed by atoms with Gasteiger partial charge in [0.05, 0.1) is 24.7 Å². The summed E-state index contributed by atoms with van der Waals surface area (Å²) < 4.78 is 32.5. The van der Waals surface area contributed by atoms with E-state index >= 15 is 0 Å². The van der Waals surface area contributed by atoms with Crippen LogP contribution in [0.15, 0.2) is 48.8 Å². The van der Waals surface area contributed by atoms with E-state index in [0.717, 1.165) is 37.9 Å². The molecule has 9 nitrogen and oxygen atoms in total. The summed E-state index contributed by atoms with van der Waals surface area (Å²) in [6, 6.07) is 12.1. The Hall–Kier alpha value is -4.01. The molecule has 2 aliphatic rings. The second kappa shape index (κ2) is 14.0. The SMILES string of the molecule is Cc1cc(Nc2cc(C(F)F)ccn2)nc(-c2ccc([C@](C)([O-])C3CCC(C(=O)OC[N+]4(CC#N)CCCCC4)CC3)nc2)c1. The third-order valence-corrected chi connectivity index (χ3v) is 9.32. The van der Waals surface area contributed by atoms with Crippen molar-refractivity contribution >= 4 is 17.6 Å². The lowest BCUT2D eigenvalue weighted by Gasteiger charge is -2.46. The average molecular weight is 619 g/mol. The Morgan fingerprint density at radius 1 is 1.11 bits per heavy atom. The molecule has 2 fully saturated rings. The zero-order chi connectivity index (χ0) is 32.0. The topological polar surface area (TPSA) is 124 Å². The summed E-state index contributed by atoms with van der Waals surface area (Å²) in [5.41, 5.74) is 1.11. The maximum absolute atomic E-state index is 13.9. The summed E-state index contributed by atoms with van der Waals surface area (Å²) in [4.78, 5) is 26.2. The van der Waals surface area contributed by atoms with Crippen LogP contribution in [0.2, 0.25) is 0 Å². The smallest absolute Gasteiger partial charge is 0.313 e. The number of carbonyl (C=O) groups excluding carboxylic acids is 1. The van der Waals surface area contributed by atoms with Crippen LogP contribution in [0, 0.1) is 30.1 Å². The predicted octanol–water partition coefficient (Wildman–Crippen LogP) is 5.94. The number of hydrogen-bond acceptors (Lipinski definition) is 8. The largest absolute Gasteiger partial charge is 0.845 e. The molecule has 0 aromatic carbocycles. The number of aryl methyl sites for hydroxylation is 1. The summed E-state index contributed by atoms with van der Waals surface area (Å²) >= 11 is 0. The van der Waals surface area contributed by atoms with Crippen LogP contribution in [0.3, 0.4) is 0 Å². The average Bonchev–Trinajstić information content (AvgIpc) is 3.04. The number of nitriles is 1. The van der Waals surface area contributed by atoms with Gasteiger partial charge in [-0.15, -0.1) is 0 Å². The van der Waals surface area contributed by atoms with E-state index in [9.17, 15) is 23.9 Å². The Bertz CT molecular complexity index is 1510. The van der Waals surface area contributed by atoms with Crippen molar-refractivity contribution in [2.45, 2.75) is 70.8 Å². The number of pyridine rings is 3. The standard InChI is InChI=1S/C34H40F2N6O3/c1-23-18-28(40-31(19-23)41-30-20-25(32(35)36)12-14-38-30)26-8-11-29(39-21-26)34(2,44)27-9-6-24(7-10-27)33(43)45-22-42(17-13-37)15-4-3-5-16-42/h8,11-12,14,18-21,24,27,32H,3-7,9-10,15-17,22H2,1-2H3,(H,38,40,41)/t24?,27?,34-/m1/s1. The van der Waals surface area contributed by atoms with Crippen LogP contribution < -0.4 is 10.4 Å². The number of nitrogens with zero attached hydrogens (tertiary/aromatic N) is 5. The molecule has 5 rings (SSSR count). The number of piperidine rings is 1. The Morgan fingerprint density at radius 2 is 1.87 bits per heavy atom. The van der Waals surface area contributed by atoms with Gasteiger partial charge in [0.25, 0.3) is 6.43 Å². The van der Waals surface area contributed by atoms with Gasteiger partial charge in [-0.05, 0) is 86.9 Å². The summed E-state index contributed by atoms with van der Waals surface area (Å²) in [6.45, 7) is 5.90. The van der Waals surface area contributed by atoms with Crippen LogP contribution in [0.25, 0.3) is 11.3 Å². The highest BCUT2D eigenvalue weighted by Crippen LogP contribution is 2.39. The first kappa shape index (κ1) is 32.4. The first-order chi connectivity index (χ1) is 21.6. The van der Waals surface area contributed by atoms with Crippen molar-refractivity contribution in [1.29, 1.82) is 5.26 Å². The van der Waals surface area contributed by atoms with Crippen LogP contribution in [0.5, 0.6) is 0 Å². The van der Waals surface area contributed by atoms with Crippen LogP contribution in [-0.4, -0.2) is 51.8 Å². The van der Waals surface area contributed by atoms with Gasteiger partial charge in [0.15, 0.2) is 6.54 Å². The van der Waals surface area contributed by atoms with Crippen LogP contribution in [0.1, 0.15) is 75.1 Å². The molecule has 4 heterocycles. The van der Waals surface area contributed by atoms with Crippen molar-refractivity contribution in [3.05, 3.63) is 65.6 Å². The van der Waals surface area contributed by atoms with E-state index in [1.165, 1.54) is 18.3 Å². The summed E-state index contributed by atoms with van der Waals surface area (Å²) in [5, 5.41) is 26.2. The fraction of sp³-hybridized carbons (Fsp3) is 0.500. The van der Waals surface area contributed by atoms with Crippen LogP contribution in [0.4, 0.5) is 20.4 Å². The molecule has 1 saturated carbocycles. The van der Waals surface area contributed by atoms with Gasteiger partial charge in [-0.3, -0.25) is 14.3 Å². The van der Waals surface area contributed by atoms with Crippen molar-refractivity contribution in [1.82, 2.24) is 15.0 Å². The van der Waals surface area contributed by atoms with Crippen LogP contribution in [-0.2, 0) is 15.1 Å². The minimum atomic E-state index is -2.60. The summed E-state index contributed by atoms with van der Waals surface area (Å²) in [5.74, 6) is 0.0871. The number of nitrogens with one attached hydrogen (secondary N) is 1. The molecule has 0 bridgehead atoms. The number of aromatic nitrogens is 3. The molecule has 1 saturated heterocycles. The van der Waals surface area contributed by atoms with E-state index in [1.54, 1.807) is 25.3 Å². The molecule has 238 valence electrons. The highest BCUT2D eigenvalue weighted by Gasteiger charge is 2.36. The van der Waals surface area contributed by atoms with E-state index in [2.05, 4.69) is 26.3 Å². The molecular formula is C34H40F2N6O3. The number of likely N-dealkylation sites (tertiary alicyclic amines) is 1. The highest BCUT2D eigenvalue weighted by atomic mass is 19.3. The molecule has 0 spiro atoms. The molecule has 1 aliphatic carbocycles. The van der Waals surface area contributed by atoms with Crippen LogP contribution >= 0.6 is 0 Å². The second-order valence-electron chi connectivity index (χ2n) is 12.7. The molecule has 3 aromatic rings. The molecular weight excluding hydrogens is 578 g/mol. The fourth-order valence-corrected chi connectivity index (χ4v) is 6.57. The lowest BCUT2D eigenvalue weighted by molar-refractivity contribution is -0.941. The first-order valence-electron chi connectivity index (χ1n) is 15.6. The number of alkyl halides is 2. The Kier molecular flexibility index (Phi) is 10.0.